The predicted octanol–water partition coefficient (Wildman–Crippen LogP) is 1.73. The lowest BCUT2D eigenvalue weighted by Gasteiger charge is -2.03. The van der Waals surface area contributed by atoms with Crippen LogP contribution >= 0.6 is 0 Å². The van der Waals surface area contributed by atoms with Crippen molar-refractivity contribution in [2.75, 3.05) is 13.6 Å². The van der Waals surface area contributed by atoms with Gasteiger partial charge in [-0.25, -0.2) is 4.68 Å². The molecule has 4 heteroatoms. The smallest absolute Gasteiger partial charge is 0.141 e. The maximum atomic E-state index is 9.72. The van der Waals surface area contributed by atoms with Crippen molar-refractivity contribution in [2.24, 2.45) is 0 Å². The number of para-hydroxylation sites is 2. The van der Waals surface area contributed by atoms with E-state index >= 15 is 0 Å². The van der Waals surface area contributed by atoms with Gasteiger partial charge in [-0.3, -0.25) is 0 Å². The van der Waals surface area contributed by atoms with E-state index in [-0.39, 0.29) is 5.75 Å². The molecule has 1 aromatic heterocycles. The maximum Gasteiger partial charge on any atom is 0.141 e. The first-order valence-corrected chi connectivity index (χ1v) is 5.78. The molecule has 0 spiro atoms. The van der Waals surface area contributed by atoms with Crippen LogP contribution in [0, 0.1) is 0 Å². The highest BCUT2D eigenvalue weighted by atomic mass is 16.3. The molecular formula is C13H17N3O. The van der Waals surface area contributed by atoms with Crippen LogP contribution in [0.5, 0.6) is 5.75 Å². The fourth-order valence-electron chi connectivity index (χ4n) is 1.75. The minimum atomic E-state index is 0.248. The molecule has 4 nitrogen and oxygen atoms in total. The van der Waals surface area contributed by atoms with E-state index in [2.05, 4.69) is 10.4 Å². The normalized spacial score (nSPS) is 10.6. The molecule has 2 N–H and O–H groups in total. The molecule has 1 aromatic carbocycles. The summed E-state index contributed by atoms with van der Waals surface area (Å²) >= 11 is 0. The molecule has 2 rings (SSSR count). The van der Waals surface area contributed by atoms with Gasteiger partial charge in [-0.2, -0.15) is 5.10 Å². The maximum absolute atomic E-state index is 9.72. The zero-order valence-electron chi connectivity index (χ0n) is 9.93. The van der Waals surface area contributed by atoms with Crippen LogP contribution in [0.3, 0.4) is 0 Å². The van der Waals surface area contributed by atoms with E-state index in [1.807, 2.05) is 31.6 Å². The van der Waals surface area contributed by atoms with Crippen LogP contribution in [0.25, 0.3) is 5.69 Å². The molecule has 0 saturated heterocycles. The molecule has 0 aliphatic rings. The predicted molar refractivity (Wildman–Crippen MR) is 67.5 cm³/mol. The summed E-state index contributed by atoms with van der Waals surface area (Å²) in [6, 6.07) is 7.20. The summed E-state index contributed by atoms with van der Waals surface area (Å²) in [6.45, 7) is 1.00. The van der Waals surface area contributed by atoms with E-state index in [0.717, 1.165) is 19.4 Å². The van der Waals surface area contributed by atoms with Gasteiger partial charge >= 0.3 is 0 Å². The average molecular weight is 231 g/mol. The first kappa shape index (κ1) is 11.7. The average Bonchev–Trinajstić information content (AvgIpc) is 2.79. The highest BCUT2D eigenvalue weighted by Gasteiger charge is 2.04. The third-order valence-electron chi connectivity index (χ3n) is 2.66. The molecule has 0 fully saturated rings. The minimum absolute atomic E-state index is 0.248. The first-order chi connectivity index (χ1) is 8.31. The second-order valence-corrected chi connectivity index (χ2v) is 3.99. The highest BCUT2D eigenvalue weighted by Crippen LogP contribution is 2.20. The Bertz CT molecular complexity index is 479. The van der Waals surface area contributed by atoms with Crippen molar-refractivity contribution in [1.82, 2.24) is 15.1 Å². The third-order valence-corrected chi connectivity index (χ3v) is 2.66. The summed E-state index contributed by atoms with van der Waals surface area (Å²) < 4.78 is 1.71. The Morgan fingerprint density at radius 2 is 2.18 bits per heavy atom. The number of rotatable bonds is 5. The van der Waals surface area contributed by atoms with Crippen molar-refractivity contribution < 1.29 is 5.11 Å². The second kappa shape index (κ2) is 5.50. The fourth-order valence-corrected chi connectivity index (χ4v) is 1.75. The molecular weight excluding hydrogens is 214 g/mol. The molecule has 90 valence electrons. The molecule has 0 radical (unpaired) electrons. The van der Waals surface area contributed by atoms with Gasteiger partial charge in [-0.05, 0) is 44.1 Å². The number of aryl methyl sites for hydroxylation is 1. The van der Waals surface area contributed by atoms with Gasteiger partial charge in [-0.1, -0.05) is 12.1 Å². The van der Waals surface area contributed by atoms with Gasteiger partial charge in [0.25, 0.3) is 0 Å². The summed E-state index contributed by atoms with van der Waals surface area (Å²) in [5.41, 5.74) is 1.90. The number of phenols is 1. The van der Waals surface area contributed by atoms with Crippen LogP contribution in [-0.2, 0) is 6.42 Å². The SMILES string of the molecule is CNCCCc1cnn(-c2ccccc2O)c1. The van der Waals surface area contributed by atoms with Gasteiger partial charge < -0.3 is 10.4 Å². The van der Waals surface area contributed by atoms with Crippen LogP contribution < -0.4 is 5.32 Å². The Labute approximate surface area is 101 Å². The van der Waals surface area contributed by atoms with Crippen LogP contribution in [0.2, 0.25) is 0 Å². The first-order valence-electron chi connectivity index (χ1n) is 5.78. The Kier molecular flexibility index (Phi) is 3.77. The monoisotopic (exact) mass is 231 g/mol. The van der Waals surface area contributed by atoms with Crippen LogP contribution in [0.15, 0.2) is 36.7 Å². The number of aromatic nitrogens is 2. The van der Waals surface area contributed by atoms with E-state index in [4.69, 9.17) is 0 Å². The Hall–Kier alpha value is -1.81. The number of phenolic OH excluding ortho intramolecular Hbond substituents is 1. The lowest BCUT2D eigenvalue weighted by molar-refractivity contribution is 0.470. The number of aromatic hydroxyl groups is 1. The number of hydrogen-bond acceptors (Lipinski definition) is 3. The largest absolute Gasteiger partial charge is 0.506 e. The van der Waals surface area contributed by atoms with Crippen molar-refractivity contribution in [2.45, 2.75) is 12.8 Å². The zero-order chi connectivity index (χ0) is 12.1. The molecule has 0 unspecified atom stereocenters. The van der Waals surface area contributed by atoms with Gasteiger partial charge in [0.2, 0.25) is 0 Å². The molecule has 0 aliphatic carbocycles. The van der Waals surface area contributed by atoms with Gasteiger partial charge in [0, 0.05) is 6.20 Å². The number of benzene rings is 1. The number of hydrogen-bond donors (Lipinski definition) is 2. The summed E-state index contributed by atoms with van der Waals surface area (Å²) in [5, 5.41) is 17.1. The molecule has 2 aromatic rings. The van der Waals surface area contributed by atoms with Gasteiger partial charge in [0.15, 0.2) is 0 Å². The van der Waals surface area contributed by atoms with Crippen molar-refractivity contribution in [3.8, 4) is 11.4 Å². The molecule has 1 heterocycles. The minimum Gasteiger partial charge on any atom is -0.506 e. The number of nitrogens with one attached hydrogen (secondary N) is 1. The quantitative estimate of drug-likeness (QED) is 0.770. The van der Waals surface area contributed by atoms with Crippen LogP contribution in [0.4, 0.5) is 0 Å². The molecule has 0 amide bonds. The third kappa shape index (κ3) is 2.85. The van der Waals surface area contributed by atoms with Crippen LogP contribution in [-0.4, -0.2) is 28.5 Å². The van der Waals surface area contributed by atoms with E-state index in [1.165, 1.54) is 5.56 Å². The highest BCUT2D eigenvalue weighted by molar-refractivity contribution is 5.44. The summed E-state index contributed by atoms with van der Waals surface area (Å²) in [6.07, 6.45) is 5.89. The summed E-state index contributed by atoms with van der Waals surface area (Å²) in [7, 11) is 1.95. The molecule has 0 aliphatic heterocycles. The topological polar surface area (TPSA) is 50.1 Å². The Balaban J connectivity index is 2.10. The van der Waals surface area contributed by atoms with E-state index in [9.17, 15) is 5.11 Å². The van der Waals surface area contributed by atoms with Gasteiger partial charge in [-0.15, -0.1) is 0 Å². The van der Waals surface area contributed by atoms with Gasteiger partial charge in [0.05, 0.1) is 6.20 Å². The summed E-state index contributed by atoms with van der Waals surface area (Å²) in [4.78, 5) is 0. The van der Waals surface area contributed by atoms with E-state index < -0.39 is 0 Å². The second-order valence-electron chi connectivity index (χ2n) is 3.99. The molecule has 0 saturated carbocycles. The fraction of sp³-hybridized carbons (Fsp3) is 0.308. The Morgan fingerprint density at radius 1 is 1.35 bits per heavy atom. The number of nitrogens with zero attached hydrogens (tertiary/aromatic N) is 2. The molecule has 0 bridgehead atoms. The lowest BCUT2D eigenvalue weighted by Crippen LogP contribution is -2.08. The van der Waals surface area contributed by atoms with Crippen molar-refractivity contribution in [3.05, 3.63) is 42.2 Å². The van der Waals surface area contributed by atoms with E-state index in [0.29, 0.717) is 5.69 Å². The van der Waals surface area contributed by atoms with Crippen molar-refractivity contribution in [3.63, 3.8) is 0 Å². The van der Waals surface area contributed by atoms with Crippen molar-refractivity contribution >= 4 is 0 Å². The Morgan fingerprint density at radius 3 is 2.94 bits per heavy atom. The zero-order valence-corrected chi connectivity index (χ0v) is 9.93. The standard InChI is InChI=1S/C13H17N3O/c1-14-8-4-5-11-9-15-16(10-11)12-6-2-3-7-13(12)17/h2-3,6-7,9-10,14,17H,4-5,8H2,1H3. The summed E-state index contributed by atoms with van der Waals surface area (Å²) in [5.74, 6) is 0.248. The van der Waals surface area contributed by atoms with Gasteiger partial charge in [0.1, 0.15) is 11.4 Å². The van der Waals surface area contributed by atoms with Crippen LogP contribution in [0.1, 0.15) is 12.0 Å². The van der Waals surface area contributed by atoms with E-state index in [1.54, 1.807) is 16.8 Å². The molecule has 17 heavy (non-hydrogen) atoms. The lowest BCUT2D eigenvalue weighted by atomic mass is 10.2. The molecule has 0 atom stereocenters. The van der Waals surface area contributed by atoms with Crippen molar-refractivity contribution in [1.29, 1.82) is 0 Å².